The van der Waals surface area contributed by atoms with Crippen molar-refractivity contribution in [2.45, 2.75) is 20.8 Å². The van der Waals surface area contributed by atoms with E-state index in [9.17, 15) is 0 Å². The van der Waals surface area contributed by atoms with E-state index in [1.54, 1.807) is 0 Å². The number of nitrogens with zero attached hydrogens (tertiary/aromatic N) is 2. The van der Waals surface area contributed by atoms with E-state index in [0.29, 0.717) is 0 Å². The van der Waals surface area contributed by atoms with Crippen molar-refractivity contribution in [2.75, 3.05) is 5.32 Å². The second-order valence-corrected chi connectivity index (χ2v) is 6.60. The summed E-state index contributed by atoms with van der Waals surface area (Å²) in [6.45, 7) is 10.0. The number of anilines is 1. The molecule has 0 amide bonds. The largest absolute Gasteiger partial charge is 0.359 e. The lowest BCUT2D eigenvalue weighted by atomic mass is 10.1. The first-order valence-electron chi connectivity index (χ1n) is 9.04. The Labute approximate surface area is 161 Å². The number of aryl methyl sites for hydroxylation is 2. The number of hydrogen-bond acceptors (Lipinski definition) is 2. The molecule has 2 aromatic carbocycles. The molecule has 0 fully saturated rings. The third-order valence-electron chi connectivity index (χ3n) is 4.16. The molecule has 0 bridgehead atoms. The molecular weight excluding hydrogens is 330 g/mol. The normalized spacial score (nSPS) is 12.1. The van der Waals surface area contributed by atoms with Crippen LogP contribution in [0.25, 0.3) is 11.3 Å². The van der Waals surface area contributed by atoms with Gasteiger partial charge >= 0.3 is 0 Å². The van der Waals surface area contributed by atoms with Gasteiger partial charge < -0.3 is 5.32 Å². The fourth-order valence-corrected chi connectivity index (χ4v) is 3.01. The maximum absolute atomic E-state index is 4.71. The molecule has 0 saturated heterocycles. The number of hydrogen-bond donors (Lipinski definition) is 1. The first-order valence-corrected chi connectivity index (χ1v) is 9.04. The molecular formula is C24H25N3. The van der Waals surface area contributed by atoms with Crippen molar-refractivity contribution in [2.24, 2.45) is 0 Å². The minimum Gasteiger partial charge on any atom is -0.359 e. The van der Waals surface area contributed by atoms with Crippen LogP contribution in [0.2, 0.25) is 0 Å². The molecule has 3 aromatic rings. The molecule has 0 atom stereocenters. The number of aromatic nitrogens is 2. The van der Waals surface area contributed by atoms with E-state index in [-0.39, 0.29) is 0 Å². The third kappa shape index (κ3) is 4.64. The average Bonchev–Trinajstić information content (AvgIpc) is 3.04. The SMILES string of the molecule is C=C/C=C(\C=C(/C)Nc1ccccc1)c1cc(C)nn1-c1cccc(C)c1. The van der Waals surface area contributed by atoms with E-state index in [2.05, 4.69) is 74.3 Å². The van der Waals surface area contributed by atoms with Gasteiger partial charge in [-0.2, -0.15) is 5.10 Å². The molecule has 3 rings (SSSR count). The molecule has 3 nitrogen and oxygen atoms in total. The maximum atomic E-state index is 4.71. The van der Waals surface area contributed by atoms with Gasteiger partial charge in [-0.25, -0.2) is 4.68 Å². The molecule has 0 radical (unpaired) electrons. The van der Waals surface area contributed by atoms with Gasteiger partial charge in [0.25, 0.3) is 0 Å². The lowest BCUT2D eigenvalue weighted by Gasteiger charge is -2.11. The Hall–Kier alpha value is -3.33. The summed E-state index contributed by atoms with van der Waals surface area (Å²) in [5.74, 6) is 0. The van der Waals surface area contributed by atoms with Crippen LogP contribution in [0, 0.1) is 13.8 Å². The maximum Gasteiger partial charge on any atom is 0.0744 e. The molecule has 0 saturated carbocycles. The number of para-hydroxylation sites is 1. The number of nitrogens with one attached hydrogen (secondary N) is 1. The molecule has 3 heteroatoms. The monoisotopic (exact) mass is 355 g/mol. The summed E-state index contributed by atoms with van der Waals surface area (Å²) < 4.78 is 1.99. The number of benzene rings is 2. The van der Waals surface area contributed by atoms with Crippen LogP contribution in [0.4, 0.5) is 5.69 Å². The van der Waals surface area contributed by atoms with Gasteiger partial charge in [-0.15, -0.1) is 0 Å². The van der Waals surface area contributed by atoms with Gasteiger partial charge in [-0.3, -0.25) is 0 Å². The number of allylic oxidation sites excluding steroid dienone is 5. The first-order chi connectivity index (χ1) is 13.1. The third-order valence-corrected chi connectivity index (χ3v) is 4.16. The standard InChI is InChI=1S/C24H25N3/c1-5-10-21(16-19(3)25-22-12-7-6-8-13-22)24-17-20(4)26-27(24)23-14-9-11-18(2)15-23/h5-17,25H,1H2,2-4H3/b19-16+,21-10+. The Morgan fingerprint density at radius 3 is 2.52 bits per heavy atom. The van der Waals surface area contributed by atoms with Gasteiger partial charge in [0.1, 0.15) is 0 Å². The predicted molar refractivity (Wildman–Crippen MR) is 115 cm³/mol. The molecule has 1 N–H and O–H groups in total. The lowest BCUT2D eigenvalue weighted by molar-refractivity contribution is 0.850. The average molecular weight is 355 g/mol. The van der Waals surface area contributed by atoms with Crippen LogP contribution >= 0.6 is 0 Å². The Morgan fingerprint density at radius 1 is 1.04 bits per heavy atom. The highest BCUT2D eigenvalue weighted by Gasteiger charge is 2.11. The Balaban J connectivity index is 2.00. The fraction of sp³-hybridized carbons (Fsp3) is 0.125. The Morgan fingerprint density at radius 2 is 1.81 bits per heavy atom. The summed E-state index contributed by atoms with van der Waals surface area (Å²) in [5.41, 5.74) is 7.42. The van der Waals surface area contributed by atoms with Crippen molar-refractivity contribution in [3.63, 3.8) is 0 Å². The van der Waals surface area contributed by atoms with Gasteiger partial charge in [-0.05, 0) is 62.7 Å². The van der Waals surface area contributed by atoms with Crippen molar-refractivity contribution in [3.8, 4) is 5.69 Å². The minimum atomic E-state index is 0.975. The summed E-state index contributed by atoms with van der Waals surface area (Å²) in [6, 6.07) is 20.6. The summed E-state index contributed by atoms with van der Waals surface area (Å²) in [4.78, 5) is 0. The smallest absolute Gasteiger partial charge is 0.0744 e. The van der Waals surface area contributed by atoms with Gasteiger partial charge in [0, 0.05) is 17.0 Å². The molecule has 27 heavy (non-hydrogen) atoms. The van der Waals surface area contributed by atoms with Crippen LogP contribution in [0.15, 0.2) is 91.2 Å². The van der Waals surface area contributed by atoms with Crippen LogP contribution in [0.1, 0.15) is 23.9 Å². The first kappa shape index (κ1) is 18.5. The predicted octanol–water partition coefficient (Wildman–Crippen LogP) is 6.07. The minimum absolute atomic E-state index is 0.975. The van der Waals surface area contributed by atoms with Crippen LogP contribution in [-0.2, 0) is 0 Å². The van der Waals surface area contributed by atoms with Crippen molar-refractivity contribution in [3.05, 3.63) is 108 Å². The second kappa shape index (κ2) is 8.37. The van der Waals surface area contributed by atoms with Crippen LogP contribution in [0.5, 0.6) is 0 Å². The fourth-order valence-electron chi connectivity index (χ4n) is 3.01. The molecule has 0 aliphatic heterocycles. The van der Waals surface area contributed by atoms with Gasteiger partial charge in [0.2, 0.25) is 0 Å². The van der Waals surface area contributed by atoms with Crippen molar-refractivity contribution < 1.29 is 0 Å². The molecule has 0 aliphatic rings. The van der Waals surface area contributed by atoms with Crippen molar-refractivity contribution in [1.29, 1.82) is 0 Å². The van der Waals surface area contributed by atoms with Crippen LogP contribution < -0.4 is 5.32 Å². The van der Waals surface area contributed by atoms with Crippen molar-refractivity contribution >= 4 is 11.3 Å². The molecule has 1 heterocycles. The molecule has 0 aliphatic carbocycles. The molecule has 136 valence electrons. The zero-order valence-electron chi connectivity index (χ0n) is 16.1. The molecule has 0 spiro atoms. The van der Waals surface area contributed by atoms with E-state index < -0.39 is 0 Å². The van der Waals surface area contributed by atoms with Gasteiger partial charge in [-0.1, -0.05) is 49.1 Å². The molecule has 0 unspecified atom stereocenters. The highest BCUT2D eigenvalue weighted by Crippen LogP contribution is 2.23. The van der Waals surface area contributed by atoms with Gasteiger partial charge in [0.05, 0.1) is 17.1 Å². The second-order valence-electron chi connectivity index (χ2n) is 6.60. The number of rotatable bonds is 6. The van der Waals surface area contributed by atoms with E-state index in [4.69, 9.17) is 5.10 Å². The van der Waals surface area contributed by atoms with E-state index in [1.165, 1.54) is 5.56 Å². The summed E-state index contributed by atoms with van der Waals surface area (Å²) in [5, 5.41) is 8.14. The van der Waals surface area contributed by atoms with E-state index >= 15 is 0 Å². The van der Waals surface area contributed by atoms with Crippen LogP contribution in [0.3, 0.4) is 0 Å². The zero-order chi connectivity index (χ0) is 19.2. The molecule has 1 aromatic heterocycles. The summed E-state index contributed by atoms with van der Waals surface area (Å²) >= 11 is 0. The topological polar surface area (TPSA) is 29.9 Å². The summed E-state index contributed by atoms with van der Waals surface area (Å²) in [6.07, 6.45) is 5.95. The Kier molecular flexibility index (Phi) is 5.72. The van der Waals surface area contributed by atoms with E-state index in [1.807, 2.05) is 42.0 Å². The van der Waals surface area contributed by atoms with Crippen LogP contribution in [-0.4, -0.2) is 9.78 Å². The van der Waals surface area contributed by atoms with Crippen molar-refractivity contribution in [1.82, 2.24) is 9.78 Å². The lowest BCUT2D eigenvalue weighted by Crippen LogP contribution is -2.03. The van der Waals surface area contributed by atoms with Gasteiger partial charge in [0.15, 0.2) is 0 Å². The Bertz CT molecular complexity index is 991. The zero-order valence-corrected chi connectivity index (χ0v) is 16.1. The highest BCUT2D eigenvalue weighted by atomic mass is 15.3. The quantitative estimate of drug-likeness (QED) is 0.544. The highest BCUT2D eigenvalue weighted by molar-refractivity contribution is 5.76. The van der Waals surface area contributed by atoms with E-state index in [0.717, 1.165) is 34.0 Å². The summed E-state index contributed by atoms with van der Waals surface area (Å²) in [7, 11) is 0.